The summed E-state index contributed by atoms with van der Waals surface area (Å²) in [6.07, 6.45) is 9.73. The lowest BCUT2D eigenvalue weighted by Crippen LogP contribution is -2.02. The van der Waals surface area contributed by atoms with E-state index in [0.29, 0.717) is 10.0 Å². The average molecular weight is 381 g/mol. The first-order valence-electron chi connectivity index (χ1n) is 7.74. The predicted molar refractivity (Wildman–Crippen MR) is 101 cm³/mol. The Morgan fingerprint density at radius 1 is 1.25 bits per heavy atom. The number of nitrogens with zero attached hydrogens (tertiary/aromatic N) is 4. The Morgan fingerprint density at radius 2 is 2.08 bits per heavy atom. The molecule has 4 nitrogen and oxygen atoms in total. The minimum absolute atomic E-state index is 0.594. The number of hydrogen-bond donors (Lipinski definition) is 0. The number of aromatic nitrogens is 4. The van der Waals surface area contributed by atoms with Crippen LogP contribution in [0.15, 0.2) is 41.9 Å². The summed E-state index contributed by atoms with van der Waals surface area (Å²) in [5.74, 6) is 0. The van der Waals surface area contributed by atoms with Crippen LogP contribution in [0.1, 0.15) is 19.8 Å². The van der Waals surface area contributed by atoms with Crippen LogP contribution in [0.2, 0.25) is 10.0 Å². The molecule has 2 aromatic heterocycles. The summed E-state index contributed by atoms with van der Waals surface area (Å²) < 4.78 is 4.05. The van der Waals surface area contributed by atoms with E-state index < -0.39 is 0 Å². The van der Waals surface area contributed by atoms with Crippen LogP contribution in [-0.2, 0) is 6.54 Å². The molecular weight excluding hydrogens is 363 g/mol. The largest absolute Gasteiger partial charge is 0.302 e. The highest BCUT2D eigenvalue weighted by molar-refractivity contribution is 7.98. The van der Waals surface area contributed by atoms with Crippen molar-refractivity contribution >= 4 is 35.0 Å². The number of halogens is 2. The van der Waals surface area contributed by atoms with E-state index in [9.17, 15) is 0 Å². The van der Waals surface area contributed by atoms with E-state index in [1.54, 1.807) is 30.4 Å². The van der Waals surface area contributed by atoms with Crippen LogP contribution in [0.3, 0.4) is 0 Å². The van der Waals surface area contributed by atoms with Crippen molar-refractivity contribution in [2.75, 3.05) is 6.26 Å². The van der Waals surface area contributed by atoms with Gasteiger partial charge in [0.25, 0.3) is 0 Å². The molecule has 0 aliphatic heterocycles. The Kier molecular flexibility index (Phi) is 5.54. The molecule has 0 spiro atoms. The van der Waals surface area contributed by atoms with Gasteiger partial charge >= 0.3 is 0 Å². The average Bonchev–Trinajstić information content (AvgIpc) is 3.19. The maximum Gasteiger partial charge on any atom is 0.119 e. The number of thioether (sulfide) groups is 1. The van der Waals surface area contributed by atoms with Crippen molar-refractivity contribution in [3.8, 4) is 16.9 Å². The van der Waals surface area contributed by atoms with Crippen molar-refractivity contribution in [3.05, 3.63) is 47.0 Å². The first-order chi connectivity index (χ1) is 11.7. The maximum atomic E-state index is 6.44. The quantitative estimate of drug-likeness (QED) is 0.524. The first-order valence-corrected chi connectivity index (χ1v) is 9.72. The minimum atomic E-state index is 0.594. The Morgan fingerprint density at radius 3 is 2.71 bits per heavy atom. The minimum Gasteiger partial charge on any atom is -0.302 e. The van der Waals surface area contributed by atoms with Crippen molar-refractivity contribution in [3.63, 3.8) is 0 Å². The zero-order valence-electron chi connectivity index (χ0n) is 13.5. The van der Waals surface area contributed by atoms with Crippen molar-refractivity contribution in [1.29, 1.82) is 0 Å². The van der Waals surface area contributed by atoms with Crippen molar-refractivity contribution in [1.82, 2.24) is 19.3 Å². The van der Waals surface area contributed by atoms with E-state index in [1.165, 1.54) is 0 Å². The SMILES string of the molecule is CCCCn1nc(-c2ccc(Cl)cc2Cl)c(-n2ccnc2)c1SC. The summed E-state index contributed by atoms with van der Waals surface area (Å²) in [7, 11) is 0. The van der Waals surface area contributed by atoms with Gasteiger partial charge in [-0.3, -0.25) is 4.68 Å². The van der Waals surface area contributed by atoms with Crippen molar-refractivity contribution in [2.24, 2.45) is 0 Å². The van der Waals surface area contributed by atoms with E-state index in [2.05, 4.69) is 22.8 Å². The Bertz CT molecular complexity index is 827. The van der Waals surface area contributed by atoms with E-state index in [0.717, 1.165) is 41.4 Å². The second kappa shape index (κ2) is 7.64. The Balaban J connectivity index is 2.22. The van der Waals surface area contributed by atoms with E-state index in [-0.39, 0.29) is 0 Å². The van der Waals surface area contributed by atoms with Gasteiger partial charge in [-0.2, -0.15) is 5.10 Å². The van der Waals surface area contributed by atoms with Gasteiger partial charge in [0.2, 0.25) is 0 Å². The van der Waals surface area contributed by atoms with E-state index in [4.69, 9.17) is 28.3 Å². The van der Waals surface area contributed by atoms with Gasteiger partial charge in [0.1, 0.15) is 16.4 Å². The highest BCUT2D eigenvalue weighted by Gasteiger charge is 2.21. The van der Waals surface area contributed by atoms with Crippen LogP contribution in [0.5, 0.6) is 0 Å². The summed E-state index contributed by atoms with van der Waals surface area (Å²) in [5, 5.41) is 7.16. The smallest absolute Gasteiger partial charge is 0.119 e. The molecule has 0 saturated carbocycles. The third kappa shape index (κ3) is 3.34. The molecule has 7 heteroatoms. The molecule has 24 heavy (non-hydrogen) atoms. The maximum absolute atomic E-state index is 6.44. The Hall–Kier alpha value is -1.43. The van der Waals surface area contributed by atoms with Crippen LogP contribution in [0, 0.1) is 0 Å². The fourth-order valence-corrected chi connectivity index (χ4v) is 3.82. The highest BCUT2D eigenvalue weighted by Crippen LogP contribution is 2.38. The zero-order chi connectivity index (χ0) is 17.1. The van der Waals surface area contributed by atoms with Crippen LogP contribution < -0.4 is 0 Å². The summed E-state index contributed by atoms with van der Waals surface area (Å²) >= 11 is 14.2. The van der Waals surface area contributed by atoms with Crippen LogP contribution in [0.4, 0.5) is 0 Å². The predicted octanol–water partition coefficient (Wildman–Crippen LogP) is 5.56. The van der Waals surface area contributed by atoms with Gasteiger partial charge in [-0.1, -0.05) is 36.5 Å². The molecule has 0 fully saturated rings. The topological polar surface area (TPSA) is 35.6 Å². The zero-order valence-corrected chi connectivity index (χ0v) is 15.9. The molecule has 3 aromatic rings. The molecular formula is C17H18Cl2N4S. The molecule has 0 unspecified atom stereocenters. The second-order valence-electron chi connectivity index (χ2n) is 5.38. The molecule has 0 aliphatic carbocycles. The third-order valence-electron chi connectivity index (χ3n) is 3.75. The monoisotopic (exact) mass is 380 g/mol. The number of benzene rings is 1. The third-order valence-corrected chi connectivity index (χ3v) is 5.09. The lowest BCUT2D eigenvalue weighted by Gasteiger charge is -2.08. The summed E-state index contributed by atoms with van der Waals surface area (Å²) in [5.41, 5.74) is 2.71. The fraction of sp³-hybridized carbons (Fsp3) is 0.294. The van der Waals surface area contributed by atoms with E-state index >= 15 is 0 Å². The Labute approximate surface area is 155 Å². The molecule has 0 amide bonds. The van der Waals surface area contributed by atoms with Crippen molar-refractivity contribution in [2.45, 2.75) is 31.3 Å². The van der Waals surface area contributed by atoms with Gasteiger partial charge in [0, 0.05) is 29.5 Å². The summed E-state index contributed by atoms with van der Waals surface area (Å²) in [6, 6.07) is 5.51. The molecule has 0 atom stereocenters. The number of unbranched alkanes of at least 4 members (excludes halogenated alkanes) is 1. The number of hydrogen-bond acceptors (Lipinski definition) is 3. The normalized spacial score (nSPS) is 11.2. The number of aryl methyl sites for hydroxylation is 1. The van der Waals surface area contributed by atoms with Gasteiger partial charge < -0.3 is 4.57 Å². The first kappa shape index (κ1) is 17.4. The molecule has 2 heterocycles. The number of imidazole rings is 1. The van der Waals surface area contributed by atoms with E-state index in [1.807, 2.05) is 22.9 Å². The standard InChI is InChI=1S/C17H18Cl2N4S/c1-3-4-8-23-17(24-2)16(22-9-7-20-11-22)15(21-23)13-6-5-12(18)10-14(13)19/h5-7,9-11H,3-4,8H2,1-2H3. The fourth-order valence-electron chi connectivity index (χ4n) is 2.59. The van der Waals surface area contributed by atoms with Gasteiger partial charge in [0.15, 0.2) is 0 Å². The summed E-state index contributed by atoms with van der Waals surface area (Å²) in [6.45, 7) is 3.05. The molecule has 0 bridgehead atoms. The van der Waals surface area contributed by atoms with Gasteiger partial charge in [-0.25, -0.2) is 4.98 Å². The molecule has 1 aromatic carbocycles. The van der Waals surface area contributed by atoms with Crippen LogP contribution >= 0.6 is 35.0 Å². The van der Waals surface area contributed by atoms with Gasteiger partial charge in [-0.15, -0.1) is 11.8 Å². The molecule has 0 N–H and O–H groups in total. The van der Waals surface area contributed by atoms with Crippen LogP contribution in [-0.4, -0.2) is 25.6 Å². The number of rotatable bonds is 6. The lowest BCUT2D eigenvalue weighted by atomic mass is 10.1. The van der Waals surface area contributed by atoms with Crippen molar-refractivity contribution < 1.29 is 0 Å². The highest BCUT2D eigenvalue weighted by atomic mass is 35.5. The van der Waals surface area contributed by atoms with Crippen LogP contribution in [0.25, 0.3) is 16.9 Å². The molecule has 0 aliphatic rings. The van der Waals surface area contributed by atoms with Gasteiger partial charge in [-0.05, 0) is 30.9 Å². The molecule has 3 rings (SSSR count). The molecule has 0 saturated heterocycles. The summed E-state index contributed by atoms with van der Waals surface area (Å²) in [4.78, 5) is 4.18. The molecule has 0 radical (unpaired) electrons. The lowest BCUT2D eigenvalue weighted by molar-refractivity contribution is 0.534. The molecule has 126 valence electrons. The second-order valence-corrected chi connectivity index (χ2v) is 7.02. The van der Waals surface area contributed by atoms with Gasteiger partial charge in [0.05, 0.1) is 11.3 Å².